The Morgan fingerprint density at radius 1 is 1.36 bits per heavy atom. The summed E-state index contributed by atoms with van der Waals surface area (Å²) in [6.45, 7) is 4.07. The maximum atomic E-state index is 12.1. The van der Waals surface area contributed by atoms with E-state index in [1.165, 1.54) is 12.8 Å². The van der Waals surface area contributed by atoms with Crippen molar-refractivity contribution < 1.29 is 4.79 Å². The first-order valence-electron chi connectivity index (χ1n) is 7.52. The topological polar surface area (TPSA) is 41.1 Å². The first-order chi connectivity index (χ1) is 10.1. The van der Waals surface area contributed by atoms with Crippen LogP contribution in [0, 0.1) is 5.92 Å². The van der Waals surface area contributed by atoms with E-state index >= 15 is 0 Å². The number of amides is 1. The van der Waals surface area contributed by atoms with Gasteiger partial charge in [-0.2, -0.15) is 0 Å². The predicted octanol–water partition coefficient (Wildman–Crippen LogP) is 4.37. The molecule has 0 aromatic heterocycles. The number of halogens is 3. The smallest absolute Gasteiger partial charge is 0.220 e. The molecule has 1 saturated heterocycles. The molecule has 1 atom stereocenters. The lowest BCUT2D eigenvalue weighted by Crippen LogP contribution is -2.30. The molecule has 0 bridgehead atoms. The van der Waals surface area contributed by atoms with Gasteiger partial charge in [0, 0.05) is 6.42 Å². The van der Waals surface area contributed by atoms with Crippen LogP contribution in [0.15, 0.2) is 18.2 Å². The van der Waals surface area contributed by atoms with E-state index in [9.17, 15) is 4.79 Å². The fraction of sp³-hybridized carbons (Fsp3) is 0.562. The molecule has 1 aliphatic heterocycles. The molecule has 2 rings (SSSR count). The SMILES string of the molecule is CC(NC(=O)CCC1CCNCC1)c1cccc(Cl)c1Cl.Cl. The number of rotatable bonds is 5. The van der Waals surface area contributed by atoms with E-state index in [-0.39, 0.29) is 24.4 Å². The van der Waals surface area contributed by atoms with Gasteiger partial charge in [-0.3, -0.25) is 4.79 Å². The standard InChI is InChI=1S/C16H22Cl2N2O.ClH/c1-11(13-3-2-4-14(17)16(13)18)20-15(21)6-5-12-7-9-19-10-8-12;/h2-4,11-12,19H,5-10H2,1H3,(H,20,21);1H. The van der Waals surface area contributed by atoms with Gasteiger partial charge in [0.25, 0.3) is 0 Å². The molecular formula is C16H23Cl3N2O. The molecule has 0 spiro atoms. The largest absolute Gasteiger partial charge is 0.350 e. The summed E-state index contributed by atoms with van der Waals surface area (Å²) >= 11 is 12.2. The molecule has 0 radical (unpaired) electrons. The van der Waals surface area contributed by atoms with E-state index in [4.69, 9.17) is 23.2 Å². The van der Waals surface area contributed by atoms with Crippen molar-refractivity contribution in [2.45, 2.75) is 38.6 Å². The maximum Gasteiger partial charge on any atom is 0.220 e. The summed E-state index contributed by atoms with van der Waals surface area (Å²) in [6, 6.07) is 5.36. The molecule has 1 unspecified atom stereocenters. The Kier molecular flexibility index (Phi) is 8.55. The molecule has 0 aliphatic carbocycles. The summed E-state index contributed by atoms with van der Waals surface area (Å²) < 4.78 is 0. The monoisotopic (exact) mass is 364 g/mol. The average Bonchev–Trinajstić information content (AvgIpc) is 2.49. The van der Waals surface area contributed by atoms with Crippen LogP contribution in [0.4, 0.5) is 0 Å². The molecule has 6 heteroatoms. The lowest BCUT2D eigenvalue weighted by atomic mass is 9.93. The molecule has 0 saturated carbocycles. The van der Waals surface area contributed by atoms with Crippen molar-refractivity contribution in [3.8, 4) is 0 Å². The van der Waals surface area contributed by atoms with Crippen molar-refractivity contribution in [3.63, 3.8) is 0 Å². The van der Waals surface area contributed by atoms with Crippen LogP contribution in [0.5, 0.6) is 0 Å². The molecule has 1 fully saturated rings. The summed E-state index contributed by atoms with van der Waals surface area (Å²) in [6.07, 6.45) is 3.88. The Labute approximate surface area is 148 Å². The zero-order valence-corrected chi connectivity index (χ0v) is 15.0. The van der Waals surface area contributed by atoms with Gasteiger partial charge in [-0.05, 0) is 56.8 Å². The van der Waals surface area contributed by atoms with Crippen molar-refractivity contribution in [1.82, 2.24) is 10.6 Å². The van der Waals surface area contributed by atoms with E-state index in [0.29, 0.717) is 22.4 Å². The molecule has 1 amide bonds. The van der Waals surface area contributed by atoms with Crippen molar-refractivity contribution >= 4 is 41.5 Å². The van der Waals surface area contributed by atoms with Gasteiger partial charge in [-0.1, -0.05) is 35.3 Å². The van der Waals surface area contributed by atoms with E-state index in [0.717, 1.165) is 25.1 Å². The fourth-order valence-electron chi connectivity index (χ4n) is 2.75. The third kappa shape index (κ3) is 5.62. The van der Waals surface area contributed by atoms with Crippen molar-refractivity contribution in [3.05, 3.63) is 33.8 Å². The lowest BCUT2D eigenvalue weighted by molar-refractivity contribution is -0.122. The fourth-order valence-corrected chi connectivity index (χ4v) is 3.22. The van der Waals surface area contributed by atoms with Crippen molar-refractivity contribution in [2.24, 2.45) is 5.92 Å². The number of piperidine rings is 1. The molecular weight excluding hydrogens is 343 g/mol. The predicted molar refractivity (Wildman–Crippen MR) is 95.1 cm³/mol. The van der Waals surface area contributed by atoms with Crippen LogP contribution in [-0.2, 0) is 4.79 Å². The Morgan fingerprint density at radius 3 is 2.73 bits per heavy atom. The highest BCUT2D eigenvalue weighted by Gasteiger charge is 2.17. The molecule has 22 heavy (non-hydrogen) atoms. The number of hydrogen-bond acceptors (Lipinski definition) is 2. The summed E-state index contributed by atoms with van der Waals surface area (Å²) in [5.74, 6) is 0.749. The van der Waals surface area contributed by atoms with E-state index in [2.05, 4.69) is 10.6 Å². The van der Waals surface area contributed by atoms with Crippen LogP contribution in [-0.4, -0.2) is 19.0 Å². The van der Waals surface area contributed by atoms with Gasteiger partial charge in [0.2, 0.25) is 5.91 Å². The van der Waals surface area contributed by atoms with Crippen molar-refractivity contribution in [2.75, 3.05) is 13.1 Å². The Bertz CT molecular complexity index is 490. The highest BCUT2D eigenvalue weighted by Crippen LogP contribution is 2.29. The minimum absolute atomic E-state index is 0. The molecule has 1 aromatic rings. The Balaban J connectivity index is 0.00000242. The Morgan fingerprint density at radius 2 is 2.05 bits per heavy atom. The highest BCUT2D eigenvalue weighted by atomic mass is 35.5. The molecule has 1 heterocycles. The molecule has 3 nitrogen and oxygen atoms in total. The van der Waals surface area contributed by atoms with Crippen LogP contribution in [0.2, 0.25) is 10.0 Å². The van der Waals surface area contributed by atoms with E-state index in [1.54, 1.807) is 6.07 Å². The number of carbonyl (C=O) groups is 1. The second-order valence-corrected chi connectivity index (χ2v) is 6.45. The van der Waals surface area contributed by atoms with Gasteiger partial charge in [-0.15, -0.1) is 12.4 Å². The molecule has 1 aromatic carbocycles. The first-order valence-corrected chi connectivity index (χ1v) is 8.27. The third-order valence-corrected chi connectivity index (χ3v) is 4.90. The first kappa shape index (κ1) is 19.6. The van der Waals surface area contributed by atoms with E-state index in [1.807, 2.05) is 19.1 Å². The maximum absolute atomic E-state index is 12.1. The summed E-state index contributed by atoms with van der Waals surface area (Å²) in [4.78, 5) is 12.1. The normalized spacial score (nSPS) is 16.7. The summed E-state index contributed by atoms with van der Waals surface area (Å²) in [5.41, 5.74) is 0.861. The number of carbonyl (C=O) groups excluding carboxylic acids is 1. The van der Waals surface area contributed by atoms with Gasteiger partial charge in [0.1, 0.15) is 0 Å². The minimum Gasteiger partial charge on any atom is -0.350 e. The van der Waals surface area contributed by atoms with Crippen LogP contribution < -0.4 is 10.6 Å². The number of nitrogens with one attached hydrogen (secondary N) is 2. The third-order valence-electron chi connectivity index (χ3n) is 4.06. The number of hydrogen-bond donors (Lipinski definition) is 2. The second kappa shape index (κ2) is 9.61. The zero-order valence-electron chi connectivity index (χ0n) is 12.7. The van der Waals surface area contributed by atoms with Gasteiger partial charge >= 0.3 is 0 Å². The molecule has 2 N–H and O–H groups in total. The molecule has 1 aliphatic rings. The quantitative estimate of drug-likeness (QED) is 0.813. The average molecular weight is 366 g/mol. The van der Waals surface area contributed by atoms with Crippen LogP contribution in [0.3, 0.4) is 0 Å². The number of benzene rings is 1. The summed E-state index contributed by atoms with van der Waals surface area (Å²) in [5, 5.41) is 7.38. The second-order valence-electron chi connectivity index (χ2n) is 5.66. The van der Waals surface area contributed by atoms with Crippen LogP contribution in [0.1, 0.15) is 44.2 Å². The van der Waals surface area contributed by atoms with Crippen LogP contribution in [0.25, 0.3) is 0 Å². The highest BCUT2D eigenvalue weighted by molar-refractivity contribution is 6.42. The Hall–Kier alpha value is -0.480. The minimum atomic E-state index is -0.128. The van der Waals surface area contributed by atoms with Gasteiger partial charge in [-0.25, -0.2) is 0 Å². The van der Waals surface area contributed by atoms with Gasteiger partial charge < -0.3 is 10.6 Å². The lowest BCUT2D eigenvalue weighted by Gasteiger charge is -2.22. The van der Waals surface area contributed by atoms with Crippen molar-refractivity contribution in [1.29, 1.82) is 0 Å². The summed E-state index contributed by atoms with van der Waals surface area (Å²) in [7, 11) is 0. The molecule has 124 valence electrons. The van der Waals surface area contributed by atoms with E-state index < -0.39 is 0 Å². The van der Waals surface area contributed by atoms with Gasteiger partial charge in [0.15, 0.2) is 0 Å². The zero-order chi connectivity index (χ0) is 15.2. The van der Waals surface area contributed by atoms with Gasteiger partial charge in [0.05, 0.1) is 16.1 Å². The van der Waals surface area contributed by atoms with Crippen LogP contribution >= 0.6 is 35.6 Å².